The van der Waals surface area contributed by atoms with Gasteiger partial charge in [0.2, 0.25) is 0 Å². The smallest absolute Gasteiger partial charge is 0.263 e. The summed E-state index contributed by atoms with van der Waals surface area (Å²) in [5.41, 5.74) is 1.58. The van der Waals surface area contributed by atoms with E-state index < -0.39 is 0 Å². The number of aromatic nitrogens is 4. The van der Waals surface area contributed by atoms with Gasteiger partial charge in [0, 0.05) is 12.6 Å². The summed E-state index contributed by atoms with van der Waals surface area (Å²) in [6, 6.07) is 5.59. The summed E-state index contributed by atoms with van der Waals surface area (Å²) < 4.78 is 1.94. The summed E-state index contributed by atoms with van der Waals surface area (Å²) >= 11 is 3.24. The molecule has 3 heterocycles. The van der Waals surface area contributed by atoms with Gasteiger partial charge in [0.1, 0.15) is 4.88 Å². The molecule has 0 saturated heterocycles. The topological polar surface area (TPSA) is 72.2 Å². The number of pyridine rings is 1. The Kier molecular flexibility index (Phi) is 6.49. The number of rotatable bonds is 8. The van der Waals surface area contributed by atoms with Gasteiger partial charge in [-0.25, -0.2) is 4.98 Å². The molecule has 27 heavy (non-hydrogen) atoms. The van der Waals surface area contributed by atoms with Crippen molar-refractivity contribution in [1.82, 2.24) is 24.9 Å². The first-order chi connectivity index (χ1) is 13.0. The second kappa shape index (κ2) is 8.84. The fourth-order valence-electron chi connectivity index (χ4n) is 2.92. The van der Waals surface area contributed by atoms with E-state index in [2.05, 4.69) is 40.6 Å². The van der Waals surface area contributed by atoms with Crippen LogP contribution in [0.3, 0.4) is 0 Å². The second-order valence-electron chi connectivity index (χ2n) is 6.91. The van der Waals surface area contributed by atoms with E-state index in [9.17, 15) is 4.79 Å². The summed E-state index contributed by atoms with van der Waals surface area (Å²) in [4.78, 5) is 18.2. The average Bonchev–Trinajstić information content (AvgIpc) is 3.21. The highest BCUT2D eigenvalue weighted by Crippen LogP contribution is 2.23. The molecule has 0 bridgehead atoms. The van der Waals surface area contributed by atoms with E-state index in [0.29, 0.717) is 10.8 Å². The summed E-state index contributed by atoms with van der Waals surface area (Å²) in [6.07, 6.45) is 5.68. The van der Waals surface area contributed by atoms with Crippen LogP contribution in [0.5, 0.6) is 0 Å². The summed E-state index contributed by atoms with van der Waals surface area (Å²) in [7, 11) is 0. The van der Waals surface area contributed by atoms with Crippen LogP contribution < -0.4 is 5.32 Å². The molecule has 1 N–H and O–H groups in total. The van der Waals surface area contributed by atoms with Gasteiger partial charge < -0.3 is 5.32 Å². The zero-order chi connectivity index (χ0) is 19.4. The molecule has 6 nitrogen and oxygen atoms in total. The van der Waals surface area contributed by atoms with Crippen molar-refractivity contribution in [1.29, 1.82) is 0 Å². The Balaban J connectivity index is 1.84. The van der Waals surface area contributed by atoms with E-state index in [1.54, 1.807) is 11.8 Å². The number of nitrogens with zero attached hydrogens (tertiary/aromatic N) is 4. The second-order valence-corrected chi connectivity index (χ2v) is 8.98. The Morgan fingerprint density at radius 3 is 2.89 bits per heavy atom. The minimum absolute atomic E-state index is 0.0845. The number of hydrogen-bond donors (Lipinski definition) is 1. The summed E-state index contributed by atoms with van der Waals surface area (Å²) in [5.74, 6) is 2.12. The molecule has 8 heteroatoms. The molecule has 3 aromatic heterocycles. The lowest BCUT2D eigenvalue weighted by molar-refractivity contribution is 0.0937. The highest BCUT2D eigenvalue weighted by Gasteiger charge is 2.23. The molecule has 3 rings (SSSR count). The third kappa shape index (κ3) is 4.68. The van der Waals surface area contributed by atoms with Gasteiger partial charge in [-0.3, -0.25) is 9.20 Å². The summed E-state index contributed by atoms with van der Waals surface area (Å²) in [5, 5.41) is 12.7. The molecule has 0 fully saturated rings. The fraction of sp³-hybridized carbons (Fsp3) is 0.474. The SMILES string of the molecule is CSCCC(NC(=O)c1sc(CC(C)C)nc1C)c1nnc2ccccn12. The van der Waals surface area contributed by atoms with Gasteiger partial charge >= 0.3 is 0 Å². The molecule has 0 aliphatic carbocycles. The van der Waals surface area contributed by atoms with E-state index in [0.717, 1.165) is 40.8 Å². The van der Waals surface area contributed by atoms with E-state index in [-0.39, 0.29) is 11.9 Å². The molecule has 0 saturated carbocycles. The number of fused-ring (bicyclic) bond motifs is 1. The van der Waals surface area contributed by atoms with Crippen LogP contribution >= 0.6 is 23.1 Å². The maximum Gasteiger partial charge on any atom is 0.263 e. The van der Waals surface area contributed by atoms with Crippen molar-refractivity contribution < 1.29 is 4.79 Å². The quantitative estimate of drug-likeness (QED) is 0.617. The molecule has 0 radical (unpaired) electrons. The molecular formula is C19H25N5OS2. The first kappa shape index (κ1) is 19.8. The van der Waals surface area contributed by atoms with Gasteiger partial charge in [0.05, 0.1) is 16.7 Å². The largest absolute Gasteiger partial charge is 0.341 e. The zero-order valence-corrected chi connectivity index (χ0v) is 17.7. The molecule has 3 aromatic rings. The van der Waals surface area contributed by atoms with Gasteiger partial charge in [0.25, 0.3) is 5.91 Å². The van der Waals surface area contributed by atoms with Gasteiger partial charge in [0.15, 0.2) is 11.5 Å². The van der Waals surface area contributed by atoms with Crippen molar-refractivity contribution in [2.24, 2.45) is 5.92 Å². The van der Waals surface area contributed by atoms with Gasteiger partial charge in [-0.05, 0) is 43.4 Å². The predicted octanol–water partition coefficient (Wildman–Crippen LogP) is 3.92. The molecule has 0 aliphatic rings. The maximum atomic E-state index is 13.0. The number of aryl methyl sites for hydroxylation is 1. The lowest BCUT2D eigenvalue weighted by Gasteiger charge is -2.16. The highest BCUT2D eigenvalue weighted by atomic mass is 32.2. The van der Waals surface area contributed by atoms with E-state index >= 15 is 0 Å². The molecule has 1 unspecified atom stereocenters. The molecule has 0 spiro atoms. The molecule has 1 atom stereocenters. The summed E-state index contributed by atoms with van der Waals surface area (Å²) in [6.45, 7) is 6.22. The van der Waals surface area contributed by atoms with Crippen molar-refractivity contribution >= 4 is 34.7 Å². The predicted molar refractivity (Wildman–Crippen MR) is 112 cm³/mol. The fourth-order valence-corrected chi connectivity index (χ4v) is 4.57. The average molecular weight is 404 g/mol. The van der Waals surface area contributed by atoms with E-state index in [1.165, 1.54) is 11.3 Å². The van der Waals surface area contributed by atoms with Crippen LogP contribution in [0.4, 0.5) is 0 Å². The number of carbonyl (C=O) groups is 1. The first-order valence-corrected chi connectivity index (χ1v) is 11.3. The minimum Gasteiger partial charge on any atom is -0.341 e. The van der Waals surface area contributed by atoms with Crippen molar-refractivity contribution in [3.8, 4) is 0 Å². The molecule has 0 aliphatic heterocycles. The van der Waals surface area contributed by atoms with Crippen LogP contribution in [0, 0.1) is 12.8 Å². The standard InChI is InChI=1S/C19H25N5OS2/c1-12(2)11-16-20-13(3)17(27-16)19(25)21-14(8-10-26-4)18-23-22-15-7-5-6-9-24(15)18/h5-7,9,12,14H,8,10-11H2,1-4H3,(H,21,25). The zero-order valence-electron chi connectivity index (χ0n) is 16.1. The number of nitrogens with one attached hydrogen (secondary N) is 1. The minimum atomic E-state index is -0.197. The lowest BCUT2D eigenvalue weighted by Crippen LogP contribution is -2.30. The first-order valence-electron chi connectivity index (χ1n) is 9.05. The van der Waals surface area contributed by atoms with E-state index in [4.69, 9.17) is 0 Å². The number of carbonyl (C=O) groups excluding carboxylic acids is 1. The number of hydrogen-bond acceptors (Lipinski definition) is 6. The van der Waals surface area contributed by atoms with Crippen molar-refractivity contribution in [3.05, 3.63) is 45.8 Å². The molecule has 1 amide bonds. The van der Waals surface area contributed by atoms with E-state index in [1.807, 2.05) is 35.7 Å². The van der Waals surface area contributed by atoms with Crippen LogP contribution in [-0.4, -0.2) is 37.5 Å². The number of amides is 1. The Morgan fingerprint density at radius 1 is 1.33 bits per heavy atom. The molecule has 0 aromatic carbocycles. The van der Waals surface area contributed by atoms with Crippen molar-refractivity contribution in [2.45, 2.75) is 39.7 Å². The Hall–Kier alpha value is -1.93. The monoisotopic (exact) mass is 403 g/mol. The van der Waals surface area contributed by atoms with Crippen molar-refractivity contribution in [3.63, 3.8) is 0 Å². The Bertz CT molecular complexity index is 918. The third-order valence-electron chi connectivity index (χ3n) is 4.20. The molecular weight excluding hydrogens is 378 g/mol. The lowest BCUT2D eigenvalue weighted by atomic mass is 10.1. The Labute approximate surface area is 167 Å². The number of thioether (sulfide) groups is 1. The van der Waals surface area contributed by atoms with Crippen LogP contribution in [-0.2, 0) is 6.42 Å². The van der Waals surface area contributed by atoms with Crippen LogP contribution in [0.25, 0.3) is 5.65 Å². The number of thiazole rings is 1. The van der Waals surface area contributed by atoms with Gasteiger partial charge in [-0.15, -0.1) is 21.5 Å². The third-order valence-corrected chi connectivity index (χ3v) is 6.02. The van der Waals surface area contributed by atoms with Crippen LogP contribution in [0.15, 0.2) is 24.4 Å². The van der Waals surface area contributed by atoms with Crippen LogP contribution in [0.1, 0.15) is 52.5 Å². The van der Waals surface area contributed by atoms with Gasteiger partial charge in [-0.1, -0.05) is 19.9 Å². The highest BCUT2D eigenvalue weighted by molar-refractivity contribution is 7.98. The van der Waals surface area contributed by atoms with Crippen molar-refractivity contribution in [2.75, 3.05) is 12.0 Å². The Morgan fingerprint density at radius 2 is 2.15 bits per heavy atom. The molecule has 144 valence electrons. The van der Waals surface area contributed by atoms with Gasteiger partial charge in [-0.2, -0.15) is 11.8 Å². The normalized spacial score (nSPS) is 12.6. The van der Waals surface area contributed by atoms with Crippen LogP contribution in [0.2, 0.25) is 0 Å². The maximum absolute atomic E-state index is 13.0.